The Bertz CT molecular complexity index is 855. The summed E-state index contributed by atoms with van der Waals surface area (Å²) in [7, 11) is 0. The molecular formula is C19H22IN5. The highest BCUT2D eigenvalue weighted by Gasteiger charge is 2.03. The average Bonchev–Trinajstić information content (AvgIpc) is 3.06. The van der Waals surface area contributed by atoms with Crippen molar-refractivity contribution in [1.29, 1.82) is 0 Å². The number of rotatable bonds is 4. The van der Waals surface area contributed by atoms with Gasteiger partial charge in [0, 0.05) is 5.69 Å². The predicted molar refractivity (Wildman–Crippen MR) is 114 cm³/mol. The molecule has 3 rings (SSSR count). The van der Waals surface area contributed by atoms with Crippen LogP contribution in [0.5, 0.6) is 0 Å². The lowest BCUT2D eigenvalue weighted by atomic mass is 10.1. The van der Waals surface area contributed by atoms with E-state index in [1.165, 1.54) is 11.1 Å². The molecule has 0 radical (unpaired) electrons. The van der Waals surface area contributed by atoms with Gasteiger partial charge in [-0.05, 0) is 42.7 Å². The number of anilines is 1. The molecule has 0 spiro atoms. The molecule has 1 heterocycles. The third-order valence-corrected chi connectivity index (χ3v) is 3.89. The van der Waals surface area contributed by atoms with Crippen molar-refractivity contribution >= 4 is 35.6 Å². The lowest BCUT2D eigenvalue weighted by Gasteiger charge is -2.07. The maximum absolute atomic E-state index is 5.96. The van der Waals surface area contributed by atoms with Gasteiger partial charge in [0.25, 0.3) is 0 Å². The fraction of sp³-hybridized carbons (Fsp3) is 0.158. The molecule has 130 valence electrons. The molecule has 0 atom stereocenters. The summed E-state index contributed by atoms with van der Waals surface area (Å²) in [4.78, 5) is 12.0. The van der Waals surface area contributed by atoms with E-state index in [1.807, 2.05) is 42.6 Å². The van der Waals surface area contributed by atoms with Gasteiger partial charge in [-0.25, -0.2) is 9.98 Å². The van der Waals surface area contributed by atoms with Crippen molar-refractivity contribution < 1.29 is 0 Å². The molecule has 0 bridgehead atoms. The number of H-pyrrole nitrogens is 1. The second kappa shape index (κ2) is 8.66. The van der Waals surface area contributed by atoms with E-state index < -0.39 is 0 Å². The van der Waals surface area contributed by atoms with Crippen molar-refractivity contribution in [2.24, 2.45) is 10.7 Å². The van der Waals surface area contributed by atoms with Crippen LogP contribution in [0.15, 0.2) is 59.7 Å². The Morgan fingerprint density at radius 1 is 1.12 bits per heavy atom. The zero-order chi connectivity index (χ0) is 16.9. The van der Waals surface area contributed by atoms with Gasteiger partial charge in [0.1, 0.15) is 12.4 Å². The number of benzene rings is 2. The van der Waals surface area contributed by atoms with Crippen molar-refractivity contribution in [2.45, 2.75) is 20.4 Å². The largest absolute Gasteiger partial charge is 0.370 e. The molecule has 0 amide bonds. The summed E-state index contributed by atoms with van der Waals surface area (Å²) in [6.07, 6.45) is 1.81. The molecule has 0 unspecified atom stereocenters. The molecule has 6 heteroatoms. The Morgan fingerprint density at radius 2 is 1.88 bits per heavy atom. The summed E-state index contributed by atoms with van der Waals surface area (Å²) < 4.78 is 0. The van der Waals surface area contributed by atoms with Crippen LogP contribution in [-0.4, -0.2) is 15.9 Å². The molecule has 0 saturated carbocycles. The number of aliphatic imine (C=N–C) groups is 1. The van der Waals surface area contributed by atoms with Crippen molar-refractivity contribution in [3.05, 3.63) is 71.7 Å². The maximum Gasteiger partial charge on any atom is 0.193 e. The van der Waals surface area contributed by atoms with E-state index in [9.17, 15) is 0 Å². The van der Waals surface area contributed by atoms with E-state index in [0.29, 0.717) is 12.5 Å². The zero-order valence-corrected chi connectivity index (χ0v) is 16.6. The minimum absolute atomic E-state index is 0. The molecule has 0 aliphatic rings. The van der Waals surface area contributed by atoms with Crippen molar-refractivity contribution in [1.82, 2.24) is 9.97 Å². The molecule has 5 nitrogen and oxygen atoms in total. The van der Waals surface area contributed by atoms with Crippen LogP contribution in [0, 0.1) is 13.8 Å². The van der Waals surface area contributed by atoms with Gasteiger partial charge >= 0.3 is 0 Å². The smallest absolute Gasteiger partial charge is 0.193 e. The number of guanidine groups is 1. The van der Waals surface area contributed by atoms with Crippen LogP contribution in [-0.2, 0) is 6.54 Å². The molecule has 3 aromatic rings. The molecule has 0 aliphatic carbocycles. The minimum atomic E-state index is 0. The minimum Gasteiger partial charge on any atom is -0.370 e. The van der Waals surface area contributed by atoms with Crippen LogP contribution >= 0.6 is 24.0 Å². The Hall–Kier alpha value is -2.35. The van der Waals surface area contributed by atoms with E-state index in [2.05, 4.69) is 46.3 Å². The monoisotopic (exact) mass is 447 g/mol. The van der Waals surface area contributed by atoms with Gasteiger partial charge in [-0.2, -0.15) is 0 Å². The van der Waals surface area contributed by atoms with E-state index in [4.69, 9.17) is 5.73 Å². The Morgan fingerprint density at radius 3 is 2.60 bits per heavy atom. The first-order valence-electron chi connectivity index (χ1n) is 7.85. The number of imidazole rings is 1. The number of nitrogens with two attached hydrogens (primary N) is 1. The molecule has 2 aromatic carbocycles. The summed E-state index contributed by atoms with van der Waals surface area (Å²) in [6, 6.07) is 16.2. The third-order valence-electron chi connectivity index (χ3n) is 3.89. The molecular weight excluding hydrogens is 425 g/mol. The van der Waals surface area contributed by atoms with Gasteiger partial charge in [-0.3, -0.25) is 0 Å². The van der Waals surface area contributed by atoms with Crippen LogP contribution in [0.3, 0.4) is 0 Å². The van der Waals surface area contributed by atoms with Crippen molar-refractivity contribution in [2.75, 3.05) is 5.32 Å². The summed E-state index contributed by atoms with van der Waals surface area (Å²) in [5.41, 5.74) is 11.4. The predicted octanol–water partition coefficient (Wildman–Crippen LogP) is 4.24. The third kappa shape index (κ3) is 5.06. The summed E-state index contributed by atoms with van der Waals surface area (Å²) in [6.45, 7) is 4.55. The number of aromatic nitrogens is 2. The zero-order valence-electron chi connectivity index (χ0n) is 14.3. The number of halogens is 1. The highest BCUT2D eigenvalue weighted by atomic mass is 127. The number of hydrogen-bond donors (Lipinski definition) is 3. The van der Waals surface area contributed by atoms with Gasteiger partial charge in [-0.1, -0.05) is 36.4 Å². The van der Waals surface area contributed by atoms with Crippen LogP contribution in [0.25, 0.3) is 11.3 Å². The first-order chi connectivity index (χ1) is 11.6. The fourth-order valence-corrected chi connectivity index (χ4v) is 2.37. The average molecular weight is 447 g/mol. The normalized spacial score (nSPS) is 11.0. The SMILES string of the molecule is Cc1ccc(NC(N)=NCc2ncc(-c3ccccc3)[nH]2)cc1C.I. The van der Waals surface area contributed by atoms with Crippen molar-refractivity contribution in [3.63, 3.8) is 0 Å². The Balaban J connectivity index is 0.00000225. The molecule has 0 fully saturated rings. The van der Waals surface area contributed by atoms with Crippen LogP contribution < -0.4 is 11.1 Å². The van der Waals surface area contributed by atoms with Gasteiger partial charge in [0.15, 0.2) is 5.96 Å². The van der Waals surface area contributed by atoms with Crippen LogP contribution in [0.1, 0.15) is 17.0 Å². The Labute approximate surface area is 164 Å². The quantitative estimate of drug-likeness (QED) is 0.318. The highest BCUT2D eigenvalue weighted by molar-refractivity contribution is 14.0. The number of aromatic amines is 1. The van der Waals surface area contributed by atoms with E-state index in [0.717, 1.165) is 22.8 Å². The lowest BCUT2D eigenvalue weighted by molar-refractivity contribution is 0.947. The summed E-state index contributed by atoms with van der Waals surface area (Å²) in [5, 5.41) is 3.10. The number of nitrogens with one attached hydrogen (secondary N) is 2. The van der Waals surface area contributed by atoms with Gasteiger partial charge < -0.3 is 16.0 Å². The summed E-state index contributed by atoms with van der Waals surface area (Å²) in [5.74, 6) is 1.15. The lowest BCUT2D eigenvalue weighted by Crippen LogP contribution is -2.22. The molecule has 25 heavy (non-hydrogen) atoms. The first-order valence-corrected chi connectivity index (χ1v) is 7.85. The number of aryl methyl sites for hydroxylation is 2. The standard InChI is InChI=1S/C19H21N5.HI/c1-13-8-9-16(10-14(13)2)23-19(20)22-12-18-21-11-17(24-18)15-6-4-3-5-7-15;/h3-11H,12H2,1-2H3,(H,21,24)(H3,20,22,23);1H. The topological polar surface area (TPSA) is 79.1 Å². The van der Waals surface area contributed by atoms with Gasteiger partial charge in [-0.15, -0.1) is 24.0 Å². The number of hydrogen-bond acceptors (Lipinski definition) is 2. The first kappa shape index (κ1) is 19.0. The van der Waals surface area contributed by atoms with E-state index >= 15 is 0 Å². The molecule has 4 N–H and O–H groups in total. The van der Waals surface area contributed by atoms with Crippen molar-refractivity contribution in [3.8, 4) is 11.3 Å². The second-order valence-electron chi connectivity index (χ2n) is 5.74. The second-order valence-corrected chi connectivity index (χ2v) is 5.74. The molecule has 0 saturated heterocycles. The maximum atomic E-state index is 5.96. The van der Waals surface area contributed by atoms with E-state index in [-0.39, 0.29) is 24.0 Å². The Kier molecular flexibility index (Phi) is 6.58. The number of nitrogens with zero attached hydrogens (tertiary/aromatic N) is 2. The van der Waals surface area contributed by atoms with Gasteiger partial charge in [0.05, 0.1) is 11.9 Å². The van der Waals surface area contributed by atoms with Gasteiger partial charge in [0.2, 0.25) is 0 Å². The van der Waals surface area contributed by atoms with Crippen LogP contribution in [0.4, 0.5) is 5.69 Å². The summed E-state index contributed by atoms with van der Waals surface area (Å²) >= 11 is 0. The van der Waals surface area contributed by atoms with Crippen LogP contribution in [0.2, 0.25) is 0 Å². The molecule has 0 aliphatic heterocycles. The highest BCUT2D eigenvalue weighted by Crippen LogP contribution is 2.16. The van der Waals surface area contributed by atoms with E-state index in [1.54, 1.807) is 0 Å². The molecule has 1 aromatic heterocycles. The fourth-order valence-electron chi connectivity index (χ4n) is 2.37.